The van der Waals surface area contributed by atoms with E-state index in [9.17, 15) is 0 Å². The third-order valence-electron chi connectivity index (χ3n) is 2.46. The summed E-state index contributed by atoms with van der Waals surface area (Å²) in [6.07, 6.45) is 0.908. The Labute approximate surface area is 108 Å². The van der Waals surface area contributed by atoms with Crippen LogP contribution in [0.4, 0.5) is 5.82 Å². The number of hydrogen-bond donors (Lipinski definition) is 1. The van der Waals surface area contributed by atoms with E-state index >= 15 is 0 Å². The van der Waals surface area contributed by atoms with Crippen LogP contribution < -0.4 is 5.73 Å². The fourth-order valence-corrected chi connectivity index (χ4v) is 1.93. The first kappa shape index (κ1) is 11.5. The normalized spacial score (nSPS) is 10.9. The van der Waals surface area contributed by atoms with Gasteiger partial charge in [0.25, 0.3) is 0 Å². The summed E-state index contributed by atoms with van der Waals surface area (Å²) in [6, 6.07) is 3.97. The van der Waals surface area contributed by atoms with Crippen LogP contribution in [-0.4, -0.2) is 9.78 Å². The fourth-order valence-electron chi connectivity index (χ4n) is 1.54. The SMILES string of the molecule is CCc1ccc(Cn2nc(C)c(I)c2N)o1. The molecular weight excluding hydrogens is 317 g/mol. The molecule has 0 saturated carbocycles. The third-order valence-corrected chi connectivity index (χ3v) is 3.80. The van der Waals surface area contributed by atoms with Gasteiger partial charge in [-0.05, 0) is 41.6 Å². The van der Waals surface area contributed by atoms with E-state index in [1.165, 1.54) is 0 Å². The molecule has 0 aliphatic heterocycles. The number of aryl methyl sites for hydroxylation is 2. The standard InChI is InChI=1S/C11H14IN3O/c1-3-8-4-5-9(16-8)6-15-11(13)10(12)7(2)14-15/h4-5H,3,6,13H2,1-2H3. The summed E-state index contributed by atoms with van der Waals surface area (Å²) in [7, 11) is 0. The number of anilines is 1. The average molecular weight is 331 g/mol. The summed E-state index contributed by atoms with van der Waals surface area (Å²) in [6.45, 7) is 4.61. The molecule has 0 unspecified atom stereocenters. The molecule has 0 amide bonds. The summed E-state index contributed by atoms with van der Waals surface area (Å²) < 4.78 is 8.41. The third kappa shape index (κ3) is 2.09. The molecule has 0 bridgehead atoms. The summed E-state index contributed by atoms with van der Waals surface area (Å²) in [5.41, 5.74) is 6.90. The quantitative estimate of drug-likeness (QED) is 0.880. The van der Waals surface area contributed by atoms with Crippen molar-refractivity contribution >= 4 is 28.4 Å². The Morgan fingerprint density at radius 1 is 1.44 bits per heavy atom. The molecule has 2 heterocycles. The Hall–Kier alpha value is -0.980. The average Bonchev–Trinajstić information content (AvgIpc) is 2.81. The lowest BCUT2D eigenvalue weighted by Gasteiger charge is -2.01. The Balaban J connectivity index is 2.23. The maximum Gasteiger partial charge on any atom is 0.136 e. The van der Waals surface area contributed by atoms with Gasteiger partial charge in [-0.25, -0.2) is 4.68 Å². The van der Waals surface area contributed by atoms with Gasteiger partial charge in [0.15, 0.2) is 0 Å². The molecule has 5 heteroatoms. The van der Waals surface area contributed by atoms with Gasteiger partial charge in [0, 0.05) is 6.42 Å². The van der Waals surface area contributed by atoms with E-state index in [1.807, 2.05) is 19.1 Å². The van der Waals surface area contributed by atoms with Crippen molar-refractivity contribution in [3.8, 4) is 0 Å². The van der Waals surface area contributed by atoms with Crippen LogP contribution in [0.3, 0.4) is 0 Å². The van der Waals surface area contributed by atoms with Crippen LogP contribution in [0.1, 0.15) is 24.1 Å². The summed E-state index contributed by atoms with van der Waals surface area (Å²) in [4.78, 5) is 0. The zero-order chi connectivity index (χ0) is 11.7. The van der Waals surface area contributed by atoms with E-state index in [-0.39, 0.29) is 0 Å². The van der Waals surface area contributed by atoms with Crippen LogP contribution in [-0.2, 0) is 13.0 Å². The predicted molar refractivity (Wildman–Crippen MR) is 71.3 cm³/mol. The molecule has 0 aliphatic carbocycles. The lowest BCUT2D eigenvalue weighted by Crippen LogP contribution is -2.05. The largest absolute Gasteiger partial charge is 0.464 e. The number of nitrogens with two attached hydrogens (primary N) is 1. The predicted octanol–water partition coefficient (Wildman–Crippen LogP) is 2.58. The van der Waals surface area contributed by atoms with E-state index in [2.05, 4.69) is 34.6 Å². The maximum atomic E-state index is 5.94. The van der Waals surface area contributed by atoms with Crippen LogP contribution in [0.5, 0.6) is 0 Å². The van der Waals surface area contributed by atoms with E-state index < -0.39 is 0 Å². The van der Waals surface area contributed by atoms with Crippen LogP contribution in [0.15, 0.2) is 16.5 Å². The van der Waals surface area contributed by atoms with Crippen molar-refractivity contribution in [2.75, 3.05) is 5.73 Å². The van der Waals surface area contributed by atoms with Crippen molar-refractivity contribution in [2.45, 2.75) is 26.8 Å². The minimum absolute atomic E-state index is 0.593. The molecule has 0 spiro atoms. The van der Waals surface area contributed by atoms with Gasteiger partial charge in [0.1, 0.15) is 23.9 Å². The molecule has 0 atom stereocenters. The summed E-state index contributed by atoms with van der Waals surface area (Å²) >= 11 is 2.21. The molecule has 2 rings (SSSR count). The lowest BCUT2D eigenvalue weighted by atomic mass is 10.3. The zero-order valence-electron chi connectivity index (χ0n) is 9.33. The van der Waals surface area contributed by atoms with Crippen molar-refractivity contribution < 1.29 is 4.42 Å². The number of halogens is 1. The first-order valence-electron chi connectivity index (χ1n) is 5.17. The molecule has 2 aromatic heterocycles. The maximum absolute atomic E-state index is 5.94. The minimum atomic E-state index is 0.593. The second-order valence-corrected chi connectivity index (χ2v) is 4.74. The number of aromatic nitrogens is 2. The Morgan fingerprint density at radius 2 is 2.12 bits per heavy atom. The Kier molecular flexibility index (Phi) is 3.22. The Bertz CT molecular complexity index is 501. The second kappa shape index (κ2) is 4.48. The molecule has 86 valence electrons. The van der Waals surface area contributed by atoms with E-state index in [0.29, 0.717) is 12.4 Å². The van der Waals surface area contributed by atoms with Crippen LogP contribution in [0.25, 0.3) is 0 Å². The first-order chi connectivity index (χ1) is 7.61. The van der Waals surface area contributed by atoms with Gasteiger partial charge >= 0.3 is 0 Å². The van der Waals surface area contributed by atoms with Crippen molar-refractivity contribution in [3.63, 3.8) is 0 Å². The summed E-state index contributed by atoms with van der Waals surface area (Å²) in [5.74, 6) is 2.59. The number of rotatable bonds is 3. The topological polar surface area (TPSA) is 57.0 Å². The van der Waals surface area contributed by atoms with Crippen LogP contribution >= 0.6 is 22.6 Å². The van der Waals surface area contributed by atoms with Gasteiger partial charge in [-0.15, -0.1) is 0 Å². The smallest absolute Gasteiger partial charge is 0.136 e. The van der Waals surface area contributed by atoms with Crippen LogP contribution in [0.2, 0.25) is 0 Å². The summed E-state index contributed by atoms with van der Waals surface area (Å²) in [5, 5.41) is 4.36. The minimum Gasteiger partial charge on any atom is -0.464 e. The Morgan fingerprint density at radius 3 is 2.62 bits per heavy atom. The van der Waals surface area contributed by atoms with Gasteiger partial charge in [-0.1, -0.05) is 6.92 Å². The van der Waals surface area contributed by atoms with Gasteiger partial charge in [0.05, 0.1) is 9.26 Å². The molecule has 16 heavy (non-hydrogen) atoms. The fraction of sp³-hybridized carbons (Fsp3) is 0.364. The van der Waals surface area contributed by atoms with Gasteiger partial charge in [0.2, 0.25) is 0 Å². The van der Waals surface area contributed by atoms with Crippen LogP contribution in [0, 0.1) is 10.5 Å². The van der Waals surface area contributed by atoms with Gasteiger partial charge in [-0.2, -0.15) is 5.10 Å². The molecule has 0 aliphatic rings. The lowest BCUT2D eigenvalue weighted by molar-refractivity contribution is 0.449. The van der Waals surface area contributed by atoms with Gasteiger partial charge < -0.3 is 10.2 Å². The number of nitrogens with zero attached hydrogens (tertiary/aromatic N) is 2. The molecular formula is C11H14IN3O. The monoisotopic (exact) mass is 331 g/mol. The molecule has 2 N–H and O–H groups in total. The molecule has 0 aromatic carbocycles. The number of furan rings is 1. The van der Waals surface area contributed by atoms with Gasteiger partial charge in [-0.3, -0.25) is 0 Å². The highest BCUT2D eigenvalue weighted by Crippen LogP contribution is 2.20. The molecule has 0 saturated heterocycles. The van der Waals surface area contributed by atoms with Crippen molar-refractivity contribution in [2.24, 2.45) is 0 Å². The molecule has 2 aromatic rings. The van der Waals surface area contributed by atoms with E-state index in [4.69, 9.17) is 10.2 Å². The molecule has 4 nitrogen and oxygen atoms in total. The van der Waals surface area contributed by atoms with E-state index in [1.54, 1.807) is 4.68 Å². The second-order valence-electron chi connectivity index (χ2n) is 3.66. The number of hydrogen-bond acceptors (Lipinski definition) is 3. The molecule has 0 radical (unpaired) electrons. The molecule has 0 fully saturated rings. The first-order valence-corrected chi connectivity index (χ1v) is 6.25. The van der Waals surface area contributed by atoms with Crippen molar-refractivity contribution in [1.29, 1.82) is 0 Å². The van der Waals surface area contributed by atoms with Crippen molar-refractivity contribution in [3.05, 3.63) is 32.9 Å². The highest BCUT2D eigenvalue weighted by molar-refractivity contribution is 14.1. The highest BCUT2D eigenvalue weighted by atomic mass is 127. The van der Waals surface area contributed by atoms with Crippen molar-refractivity contribution in [1.82, 2.24) is 9.78 Å². The number of nitrogen functional groups attached to an aromatic ring is 1. The highest BCUT2D eigenvalue weighted by Gasteiger charge is 2.11. The van der Waals surface area contributed by atoms with E-state index in [0.717, 1.165) is 27.2 Å². The zero-order valence-corrected chi connectivity index (χ0v) is 11.5.